The topological polar surface area (TPSA) is 104 Å². The van der Waals surface area contributed by atoms with Gasteiger partial charge in [0.1, 0.15) is 5.75 Å². The molecule has 0 spiro atoms. The number of ether oxygens (including phenoxy) is 1. The highest BCUT2D eigenvalue weighted by Crippen LogP contribution is 2.28. The highest BCUT2D eigenvalue weighted by atomic mass is 16.5. The van der Waals surface area contributed by atoms with E-state index in [4.69, 9.17) is 4.74 Å². The van der Waals surface area contributed by atoms with E-state index >= 15 is 0 Å². The van der Waals surface area contributed by atoms with Crippen molar-refractivity contribution in [2.75, 3.05) is 18.6 Å². The monoisotopic (exact) mass is 392 g/mol. The minimum atomic E-state index is -0.456. The van der Waals surface area contributed by atoms with Crippen LogP contribution in [0.2, 0.25) is 0 Å². The van der Waals surface area contributed by atoms with Crippen LogP contribution in [0.3, 0.4) is 0 Å². The number of carbonyl (C=O) groups excluding carboxylic acids is 2. The number of methoxy groups -OCH3 is 1. The van der Waals surface area contributed by atoms with E-state index in [0.29, 0.717) is 34.4 Å². The van der Waals surface area contributed by atoms with Crippen molar-refractivity contribution in [3.63, 3.8) is 0 Å². The van der Waals surface area contributed by atoms with E-state index in [-0.39, 0.29) is 30.3 Å². The standard InChI is InChI=1S/C21H20N4O4/c1-29-15-6-4-5-14(10-15)25-12-13(9-19(25)26)20(27)22-11-18-16-7-2-3-8-17(16)21(28)24-23-18/h2-8,10,13H,9,11-12H2,1H3,(H,22,27)(H,24,28)/t13-/m1/s1. The van der Waals surface area contributed by atoms with Gasteiger partial charge in [0, 0.05) is 30.1 Å². The van der Waals surface area contributed by atoms with E-state index in [0.717, 1.165) is 0 Å². The number of aromatic amines is 1. The number of benzene rings is 2. The summed E-state index contributed by atoms with van der Waals surface area (Å²) < 4.78 is 5.21. The predicted molar refractivity (Wildman–Crippen MR) is 108 cm³/mol. The van der Waals surface area contributed by atoms with Gasteiger partial charge in [-0.3, -0.25) is 14.4 Å². The summed E-state index contributed by atoms with van der Waals surface area (Å²) in [6, 6.07) is 14.3. The van der Waals surface area contributed by atoms with E-state index < -0.39 is 5.92 Å². The highest BCUT2D eigenvalue weighted by Gasteiger charge is 2.35. The molecule has 1 aromatic heterocycles. The van der Waals surface area contributed by atoms with Gasteiger partial charge in [0.05, 0.1) is 30.7 Å². The molecule has 0 unspecified atom stereocenters. The molecular formula is C21H20N4O4. The summed E-state index contributed by atoms with van der Waals surface area (Å²) >= 11 is 0. The maximum Gasteiger partial charge on any atom is 0.272 e. The average Bonchev–Trinajstić information content (AvgIpc) is 3.15. The van der Waals surface area contributed by atoms with Gasteiger partial charge in [-0.15, -0.1) is 0 Å². The van der Waals surface area contributed by atoms with Gasteiger partial charge >= 0.3 is 0 Å². The molecule has 1 atom stereocenters. The largest absolute Gasteiger partial charge is 0.497 e. The lowest BCUT2D eigenvalue weighted by molar-refractivity contribution is -0.126. The third-order valence-electron chi connectivity index (χ3n) is 5.07. The zero-order valence-electron chi connectivity index (χ0n) is 15.8. The molecule has 1 aliphatic heterocycles. The lowest BCUT2D eigenvalue weighted by Crippen LogP contribution is -2.33. The zero-order valence-corrected chi connectivity index (χ0v) is 15.8. The Morgan fingerprint density at radius 2 is 2.00 bits per heavy atom. The van der Waals surface area contributed by atoms with Crippen LogP contribution in [0.4, 0.5) is 5.69 Å². The van der Waals surface area contributed by atoms with E-state index in [1.54, 1.807) is 42.3 Å². The van der Waals surface area contributed by atoms with Crippen molar-refractivity contribution >= 4 is 28.3 Å². The van der Waals surface area contributed by atoms with Gasteiger partial charge in [0.25, 0.3) is 5.56 Å². The molecule has 0 aliphatic carbocycles. The average molecular weight is 392 g/mol. The first-order valence-corrected chi connectivity index (χ1v) is 9.25. The number of nitrogens with zero attached hydrogens (tertiary/aromatic N) is 2. The lowest BCUT2D eigenvalue weighted by atomic mass is 10.1. The van der Waals surface area contributed by atoms with Crippen molar-refractivity contribution < 1.29 is 14.3 Å². The quantitative estimate of drug-likeness (QED) is 0.686. The van der Waals surface area contributed by atoms with Crippen molar-refractivity contribution in [2.45, 2.75) is 13.0 Å². The third-order valence-corrected chi connectivity index (χ3v) is 5.07. The maximum absolute atomic E-state index is 12.7. The molecule has 2 aromatic carbocycles. The number of amides is 2. The van der Waals surface area contributed by atoms with E-state index in [2.05, 4.69) is 15.5 Å². The van der Waals surface area contributed by atoms with Crippen LogP contribution in [0.15, 0.2) is 53.3 Å². The maximum atomic E-state index is 12.7. The summed E-state index contributed by atoms with van der Waals surface area (Å²) in [4.78, 5) is 38.6. The van der Waals surface area contributed by atoms with Gasteiger partial charge in [0.15, 0.2) is 0 Å². The first kappa shape index (κ1) is 18.7. The molecule has 29 heavy (non-hydrogen) atoms. The minimum absolute atomic E-state index is 0.106. The van der Waals surface area contributed by atoms with Gasteiger partial charge in [0.2, 0.25) is 11.8 Å². The molecule has 1 fully saturated rings. The smallest absolute Gasteiger partial charge is 0.272 e. The Morgan fingerprint density at radius 1 is 1.21 bits per heavy atom. The molecule has 0 bridgehead atoms. The highest BCUT2D eigenvalue weighted by molar-refractivity contribution is 6.00. The van der Waals surface area contributed by atoms with Crippen LogP contribution < -0.4 is 20.5 Å². The van der Waals surface area contributed by atoms with Crippen molar-refractivity contribution in [3.8, 4) is 5.75 Å². The molecule has 8 heteroatoms. The minimum Gasteiger partial charge on any atom is -0.497 e. The number of nitrogens with one attached hydrogen (secondary N) is 2. The van der Waals surface area contributed by atoms with E-state index in [1.165, 1.54) is 0 Å². The fraction of sp³-hybridized carbons (Fsp3) is 0.238. The number of rotatable bonds is 5. The lowest BCUT2D eigenvalue weighted by Gasteiger charge is -2.17. The molecule has 4 rings (SSSR count). The number of hydrogen-bond acceptors (Lipinski definition) is 5. The molecule has 148 valence electrons. The molecule has 1 saturated heterocycles. The first-order valence-electron chi connectivity index (χ1n) is 9.25. The van der Waals surface area contributed by atoms with Gasteiger partial charge in [-0.1, -0.05) is 24.3 Å². The van der Waals surface area contributed by atoms with Gasteiger partial charge < -0.3 is 15.0 Å². The second kappa shape index (κ2) is 7.75. The molecule has 1 aliphatic rings. The summed E-state index contributed by atoms with van der Waals surface area (Å²) in [5.41, 5.74) is 1.01. The van der Waals surface area contributed by atoms with Crippen LogP contribution in [-0.4, -0.2) is 35.7 Å². The molecule has 2 heterocycles. The number of anilines is 1. The van der Waals surface area contributed by atoms with Crippen LogP contribution in [-0.2, 0) is 16.1 Å². The molecule has 3 aromatic rings. The number of aromatic nitrogens is 2. The summed E-state index contributed by atoms with van der Waals surface area (Å²) in [7, 11) is 1.57. The van der Waals surface area contributed by atoms with Crippen molar-refractivity contribution in [1.29, 1.82) is 0 Å². The number of fused-ring (bicyclic) bond motifs is 1. The Hall–Kier alpha value is -3.68. The molecule has 8 nitrogen and oxygen atoms in total. The fourth-order valence-corrected chi connectivity index (χ4v) is 3.53. The Labute approximate surface area is 166 Å². The van der Waals surface area contributed by atoms with E-state index in [9.17, 15) is 14.4 Å². The second-order valence-corrected chi connectivity index (χ2v) is 6.87. The second-order valence-electron chi connectivity index (χ2n) is 6.87. The summed E-state index contributed by atoms with van der Waals surface area (Å²) in [5.74, 6) is -0.131. The number of H-pyrrole nitrogens is 1. The Balaban J connectivity index is 1.45. The SMILES string of the molecule is COc1cccc(N2C[C@H](C(=O)NCc3n[nH]c(=O)c4ccccc34)CC2=O)c1. The van der Waals surface area contributed by atoms with Crippen LogP contribution in [0.5, 0.6) is 5.75 Å². The normalized spacial score (nSPS) is 16.2. The third kappa shape index (κ3) is 3.69. The van der Waals surface area contributed by atoms with Crippen LogP contribution >= 0.6 is 0 Å². The van der Waals surface area contributed by atoms with E-state index in [1.807, 2.05) is 18.2 Å². The summed E-state index contributed by atoms with van der Waals surface area (Å²) in [6.07, 6.45) is 0.142. The van der Waals surface area contributed by atoms with Crippen LogP contribution in [0.1, 0.15) is 12.1 Å². The number of hydrogen-bond donors (Lipinski definition) is 2. The molecule has 2 N–H and O–H groups in total. The molecule has 0 saturated carbocycles. The molecule has 2 amide bonds. The molecular weight excluding hydrogens is 372 g/mol. The van der Waals surface area contributed by atoms with Crippen LogP contribution in [0.25, 0.3) is 10.8 Å². The summed E-state index contributed by atoms with van der Waals surface area (Å²) in [5, 5.41) is 10.6. The van der Waals surface area contributed by atoms with Crippen molar-refractivity contribution in [3.05, 3.63) is 64.6 Å². The summed E-state index contributed by atoms with van der Waals surface area (Å²) in [6.45, 7) is 0.470. The predicted octanol–water partition coefficient (Wildman–Crippen LogP) is 1.60. The molecule has 0 radical (unpaired) electrons. The van der Waals surface area contributed by atoms with Gasteiger partial charge in [-0.25, -0.2) is 5.10 Å². The van der Waals surface area contributed by atoms with Crippen LogP contribution in [0, 0.1) is 5.92 Å². The van der Waals surface area contributed by atoms with Crippen molar-refractivity contribution in [2.24, 2.45) is 5.92 Å². The Morgan fingerprint density at radius 3 is 2.79 bits per heavy atom. The fourth-order valence-electron chi connectivity index (χ4n) is 3.53. The Bertz CT molecular complexity index is 1140. The number of carbonyl (C=O) groups is 2. The van der Waals surface area contributed by atoms with Crippen molar-refractivity contribution in [1.82, 2.24) is 15.5 Å². The Kier molecular flexibility index (Phi) is 4.99. The zero-order chi connectivity index (χ0) is 20.4. The van der Waals surface area contributed by atoms with Gasteiger partial charge in [-0.2, -0.15) is 5.10 Å². The van der Waals surface area contributed by atoms with Gasteiger partial charge in [-0.05, 0) is 18.2 Å². The first-order chi connectivity index (χ1) is 14.1.